The highest BCUT2D eigenvalue weighted by Crippen LogP contribution is 2.42. The van der Waals surface area contributed by atoms with Gasteiger partial charge in [-0.1, -0.05) is 30.3 Å². The van der Waals surface area contributed by atoms with Crippen LogP contribution in [0, 0.1) is 6.92 Å². The molecule has 1 N–H and O–H groups in total. The third-order valence-electron chi connectivity index (χ3n) is 4.11. The van der Waals surface area contributed by atoms with Crippen LogP contribution >= 0.6 is 0 Å². The first-order chi connectivity index (χ1) is 9.76. The lowest BCUT2D eigenvalue weighted by molar-refractivity contribution is 0.350. The molecule has 0 heterocycles. The molecule has 0 aromatic heterocycles. The predicted octanol–water partition coefficient (Wildman–Crippen LogP) is 4.36. The number of nitrogens with one attached hydrogen (secondary N) is 1. The van der Waals surface area contributed by atoms with E-state index in [0.717, 1.165) is 5.75 Å². The summed E-state index contributed by atoms with van der Waals surface area (Å²) in [7, 11) is 1.75. The molecule has 0 bridgehead atoms. The van der Waals surface area contributed by atoms with Gasteiger partial charge >= 0.3 is 0 Å². The Morgan fingerprint density at radius 3 is 2.60 bits per heavy atom. The van der Waals surface area contributed by atoms with Gasteiger partial charge in [0.05, 0.1) is 7.11 Å². The molecule has 2 heteroatoms. The van der Waals surface area contributed by atoms with Crippen LogP contribution in [0.1, 0.15) is 29.9 Å². The van der Waals surface area contributed by atoms with Crippen LogP contribution in [0.15, 0.2) is 48.5 Å². The molecule has 1 aliphatic carbocycles. The zero-order valence-electron chi connectivity index (χ0n) is 12.1. The lowest BCUT2D eigenvalue weighted by Gasteiger charge is -2.37. The van der Waals surface area contributed by atoms with E-state index in [0.29, 0.717) is 12.0 Å². The van der Waals surface area contributed by atoms with E-state index in [-0.39, 0.29) is 0 Å². The van der Waals surface area contributed by atoms with Crippen molar-refractivity contribution < 1.29 is 4.74 Å². The number of ether oxygens (including phenoxy) is 1. The quantitative estimate of drug-likeness (QED) is 0.888. The topological polar surface area (TPSA) is 21.3 Å². The zero-order chi connectivity index (χ0) is 13.9. The maximum Gasteiger partial charge on any atom is 0.122 e. The van der Waals surface area contributed by atoms with E-state index in [1.165, 1.54) is 29.7 Å². The van der Waals surface area contributed by atoms with Crippen molar-refractivity contribution in [2.75, 3.05) is 12.4 Å². The van der Waals surface area contributed by atoms with Crippen LogP contribution in [0.25, 0.3) is 0 Å². The normalized spacial score (nSPS) is 21.1. The second-order valence-corrected chi connectivity index (χ2v) is 5.62. The van der Waals surface area contributed by atoms with Crippen LogP contribution in [0.3, 0.4) is 0 Å². The molecule has 20 heavy (non-hydrogen) atoms. The Labute approximate surface area is 120 Å². The fraction of sp³-hybridized carbons (Fsp3) is 0.333. The largest absolute Gasteiger partial charge is 0.496 e. The summed E-state index contributed by atoms with van der Waals surface area (Å²) >= 11 is 0. The van der Waals surface area contributed by atoms with E-state index >= 15 is 0 Å². The smallest absolute Gasteiger partial charge is 0.122 e. The van der Waals surface area contributed by atoms with Gasteiger partial charge in [-0.05, 0) is 55.0 Å². The van der Waals surface area contributed by atoms with Crippen LogP contribution in [0.4, 0.5) is 5.69 Å². The van der Waals surface area contributed by atoms with Crippen LogP contribution < -0.4 is 10.1 Å². The Kier molecular flexibility index (Phi) is 3.64. The number of aryl methyl sites for hydroxylation is 1. The van der Waals surface area contributed by atoms with Gasteiger partial charge in [0.15, 0.2) is 0 Å². The highest BCUT2D eigenvalue weighted by atomic mass is 16.5. The summed E-state index contributed by atoms with van der Waals surface area (Å²) in [5.41, 5.74) is 3.88. The Hall–Kier alpha value is -1.96. The SMILES string of the molecule is COc1ccccc1C1CC(Nc2cccc(C)c2)C1. The van der Waals surface area contributed by atoms with Crippen molar-refractivity contribution in [2.45, 2.75) is 31.7 Å². The summed E-state index contributed by atoms with van der Waals surface area (Å²) in [6.07, 6.45) is 2.35. The van der Waals surface area contributed by atoms with Gasteiger partial charge in [0.25, 0.3) is 0 Å². The Morgan fingerprint density at radius 2 is 1.85 bits per heavy atom. The third kappa shape index (κ3) is 2.64. The lowest BCUT2D eigenvalue weighted by atomic mass is 9.75. The molecule has 2 aromatic rings. The lowest BCUT2D eigenvalue weighted by Crippen LogP contribution is -2.34. The van der Waals surface area contributed by atoms with Gasteiger partial charge in [-0.25, -0.2) is 0 Å². The first kappa shape index (κ1) is 13.0. The second-order valence-electron chi connectivity index (χ2n) is 5.62. The number of para-hydroxylation sites is 1. The number of rotatable bonds is 4. The van der Waals surface area contributed by atoms with Crippen molar-refractivity contribution >= 4 is 5.69 Å². The van der Waals surface area contributed by atoms with E-state index in [4.69, 9.17) is 4.74 Å². The first-order valence-corrected chi connectivity index (χ1v) is 7.22. The highest BCUT2D eigenvalue weighted by Gasteiger charge is 2.31. The van der Waals surface area contributed by atoms with Crippen molar-refractivity contribution in [3.8, 4) is 5.75 Å². The second kappa shape index (κ2) is 5.58. The summed E-state index contributed by atoms with van der Waals surface area (Å²) in [5, 5.41) is 3.62. The van der Waals surface area contributed by atoms with Gasteiger partial charge < -0.3 is 10.1 Å². The zero-order valence-corrected chi connectivity index (χ0v) is 12.1. The van der Waals surface area contributed by atoms with E-state index in [2.05, 4.69) is 54.7 Å². The summed E-state index contributed by atoms with van der Waals surface area (Å²) < 4.78 is 5.45. The number of methoxy groups -OCH3 is 1. The van der Waals surface area contributed by atoms with Gasteiger partial charge in [-0.2, -0.15) is 0 Å². The molecule has 2 aromatic carbocycles. The predicted molar refractivity (Wildman–Crippen MR) is 83.6 cm³/mol. The number of hydrogen-bond donors (Lipinski definition) is 1. The van der Waals surface area contributed by atoms with Crippen molar-refractivity contribution in [3.63, 3.8) is 0 Å². The summed E-state index contributed by atoms with van der Waals surface area (Å²) in [6.45, 7) is 2.13. The van der Waals surface area contributed by atoms with Crippen molar-refractivity contribution in [3.05, 3.63) is 59.7 Å². The molecule has 1 aliphatic rings. The minimum Gasteiger partial charge on any atom is -0.496 e. The molecule has 0 radical (unpaired) electrons. The monoisotopic (exact) mass is 267 g/mol. The van der Waals surface area contributed by atoms with Crippen LogP contribution in [-0.2, 0) is 0 Å². The van der Waals surface area contributed by atoms with E-state index in [1.807, 2.05) is 6.07 Å². The fourth-order valence-electron chi connectivity index (χ4n) is 2.96. The van der Waals surface area contributed by atoms with E-state index in [9.17, 15) is 0 Å². The van der Waals surface area contributed by atoms with Crippen LogP contribution in [0.5, 0.6) is 5.75 Å². The summed E-state index contributed by atoms with van der Waals surface area (Å²) in [5.74, 6) is 1.64. The van der Waals surface area contributed by atoms with E-state index in [1.54, 1.807) is 7.11 Å². The molecule has 0 aliphatic heterocycles. The van der Waals surface area contributed by atoms with Crippen molar-refractivity contribution in [1.29, 1.82) is 0 Å². The molecule has 0 atom stereocenters. The first-order valence-electron chi connectivity index (χ1n) is 7.22. The molecule has 0 saturated heterocycles. The number of benzene rings is 2. The van der Waals surface area contributed by atoms with Crippen LogP contribution in [-0.4, -0.2) is 13.2 Å². The fourth-order valence-corrected chi connectivity index (χ4v) is 2.96. The number of anilines is 1. The minimum absolute atomic E-state index is 0.576. The van der Waals surface area contributed by atoms with Gasteiger partial charge in [0.2, 0.25) is 0 Å². The maximum atomic E-state index is 5.45. The van der Waals surface area contributed by atoms with Crippen molar-refractivity contribution in [2.24, 2.45) is 0 Å². The molecule has 0 spiro atoms. The minimum atomic E-state index is 0.576. The molecule has 1 fully saturated rings. The maximum absolute atomic E-state index is 5.45. The van der Waals surface area contributed by atoms with Gasteiger partial charge in [0, 0.05) is 11.7 Å². The molecule has 1 saturated carbocycles. The molecular weight excluding hydrogens is 246 g/mol. The van der Waals surface area contributed by atoms with Crippen LogP contribution in [0.2, 0.25) is 0 Å². The Morgan fingerprint density at radius 1 is 1.05 bits per heavy atom. The molecule has 104 valence electrons. The Balaban J connectivity index is 1.61. The molecule has 2 nitrogen and oxygen atoms in total. The molecule has 0 amide bonds. The molecule has 0 unspecified atom stereocenters. The number of hydrogen-bond acceptors (Lipinski definition) is 2. The summed E-state index contributed by atoms with van der Waals surface area (Å²) in [4.78, 5) is 0. The van der Waals surface area contributed by atoms with Crippen molar-refractivity contribution in [1.82, 2.24) is 0 Å². The van der Waals surface area contributed by atoms with Gasteiger partial charge in [-0.3, -0.25) is 0 Å². The molecule has 3 rings (SSSR count). The Bertz CT molecular complexity index is 587. The van der Waals surface area contributed by atoms with E-state index < -0.39 is 0 Å². The average Bonchev–Trinajstić information content (AvgIpc) is 2.42. The third-order valence-corrected chi connectivity index (χ3v) is 4.11. The summed E-state index contributed by atoms with van der Waals surface area (Å²) in [6, 6.07) is 17.5. The highest BCUT2D eigenvalue weighted by molar-refractivity contribution is 5.47. The standard InChI is InChI=1S/C18H21NO/c1-13-6-5-7-15(10-13)19-16-11-14(12-16)17-8-3-4-9-18(17)20-2/h3-10,14,16,19H,11-12H2,1-2H3. The van der Waals surface area contributed by atoms with Gasteiger partial charge in [0.1, 0.15) is 5.75 Å². The molecular formula is C18H21NO. The van der Waals surface area contributed by atoms with Gasteiger partial charge in [-0.15, -0.1) is 0 Å². The average molecular weight is 267 g/mol.